The van der Waals surface area contributed by atoms with Crippen molar-refractivity contribution in [2.24, 2.45) is 5.73 Å². The second-order valence-corrected chi connectivity index (χ2v) is 4.43. The van der Waals surface area contributed by atoms with E-state index in [0.717, 1.165) is 6.42 Å². The molecule has 1 rings (SSSR count). The van der Waals surface area contributed by atoms with Crippen LogP contribution in [0.3, 0.4) is 0 Å². The number of halogens is 2. The summed E-state index contributed by atoms with van der Waals surface area (Å²) in [6, 6.07) is 5.72. The van der Waals surface area contributed by atoms with Crippen molar-refractivity contribution in [3.8, 4) is 5.75 Å². The molecule has 0 aliphatic rings. The molecule has 1 atom stereocenters. The van der Waals surface area contributed by atoms with Gasteiger partial charge in [0.1, 0.15) is 6.61 Å². The molecule has 0 aliphatic carbocycles. The first kappa shape index (κ1) is 18.7. The Morgan fingerprint density at radius 3 is 2.70 bits per heavy atom. The van der Waals surface area contributed by atoms with Crippen LogP contribution in [-0.4, -0.2) is 37.0 Å². The second-order valence-electron chi connectivity index (χ2n) is 4.43. The third-order valence-corrected chi connectivity index (χ3v) is 2.81. The highest BCUT2D eigenvalue weighted by Crippen LogP contribution is 2.15. The molecule has 0 bridgehead atoms. The highest BCUT2D eigenvalue weighted by Gasteiger charge is 2.16. The molecule has 0 heterocycles. The number of likely N-dealkylation sites (N-methyl/N-ethyl adjacent to an activating group) is 1. The molecule has 0 saturated heterocycles. The molecule has 0 saturated carbocycles. The highest BCUT2D eigenvalue weighted by atomic mass is 35.5. The van der Waals surface area contributed by atoms with Gasteiger partial charge in [0.2, 0.25) is 5.91 Å². The van der Waals surface area contributed by atoms with Gasteiger partial charge < -0.3 is 15.4 Å². The van der Waals surface area contributed by atoms with Crippen molar-refractivity contribution in [2.45, 2.75) is 25.8 Å². The summed E-state index contributed by atoms with van der Waals surface area (Å²) in [4.78, 5) is 13.3. The van der Waals surface area contributed by atoms with Crippen molar-refractivity contribution < 1.29 is 13.9 Å². The Morgan fingerprint density at radius 2 is 2.10 bits per heavy atom. The van der Waals surface area contributed by atoms with E-state index in [1.807, 2.05) is 6.92 Å². The van der Waals surface area contributed by atoms with Gasteiger partial charge in [-0.25, -0.2) is 4.39 Å². The Balaban J connectivity index is 0.00000361. The smallest absolute Gasteiger partial charge is 0.239 e. The van der Waals surface area contributed by atoms with Gasteiger partial charge in [0, 0.05) is 7.05 Å². The number of nitrogens with zero attached hydrogens (tertiary/aromatic N) is 1. The zero-order valence-corrected chi connectivity index (χ0v) is 12.7. The molecular formula is C14H22ClFN2O2. The van der Waals surface area contributed by atoms with Crippen molar-refractivity contribution in [2.75, 3.05) is 20.2 Å². The molecule has 1 amide bonds. The number of hydrogen-bond acceptors (Lipinski definition) is 3. The predicted molar refractivity (Wildman–Crippen MR) is 79.7 cm³/mol. The highest BCUT2D eigenvalue weighted by molar-refractivity contribution is 5.85. The summed E-state index contributed by atoms with van der Waals surface area (Å²) in [6.45, 7) is 2.60. The quantitative estimate of drug-likeness (QED) is 0.840. The van der Waals surface area contributed by atoms with Crippen LogP contribution >= 0.6 is 12.4 Å². The minimum Gasteiger partial charge on any atom is -0.489 e. The molecule has 0 spiro atoms. The minimum atomic E-state index is -0.469. The minimum absolute atomic E-state index is 0. The van der Waals surface area contributed by atoms with E-state index < -0.39 is 11.9 Å². The summed E-state index contributed by atoms with van der Waals surface area (Å²) in [7, 11) is 1.67. The van der Waals surface area contributed by atoms with Crippen LogP contribution in [0.25, 0.3) is 0 Å². The van der Waals surface area contributed by atoms with Gasteiger partial charge in [0.05, 0.1) is 12.6 Å². The number of carbonyl (C=O) groups is 1. The fraction of sp³-hybridized carbons (Fsp3) is 0.500. The molecule has 0 aliphatic heterocycles. The molecule has 2 N–H and O–H groups in total. The van der Waals surface area contributed by atoms with Crippen molar-refractivity contribution in [1.82, 2.24) is 4.90 Å². The van der Waals surface area contributed by atoms with E-state index in [0.29, 0.717) is 13.0 Å². The van der Waals surface area contributed by atoms with Crippen LogP contribution in [0.4, 0.5) is 4.39 Å². The Labute approximate surface area is 125 Å². The molecule has 114 valence electrons. The Hall–Kier alpha value is -1.33. The molecule has 4 nitrogen and oxygen atoms in total. The van der Waals surface area contributed by atoms with Crippen LogP contribution in [0.2, 0.25) is 0 Å². The zero-order chi connectivity index (χ0) is 14.3. The number of rotatable bonds is 7. The van der Waals surface area contributed by atoms with Crippen LogP contribution in [-0.2, 0) is 4.79 Å². The monoisotopic (exact) mass is 304 g/mol. The van der Waals surface area contributed by atoms with E-state index in [-0.39, 0.29) is 30.7 Å². The molecular weight excluding hydrogens is 283 g/mol. The maximum Gasteiger partial charge on any atom is 0.239 e. The first-order valence-electron chi connectivity index (χ1n) is 6.44. The SMILES string of the molecule is CCCC(N)C(=O)N(C)CCOc1ccccc1F.Cl. The normalized spacial score (nSPS) is 11.4. The molecule has 0 aromatic heterocycles. The summed E-state index contributed by atoms with van der Waals surface area (Å²) < 4.78 is 18.6. The van der Waals surface area contributed by atoms with Crippen LogP contribution in [0.1, 0.15) is 19.8 Å². The summed E-state index contributed by atoms with van der Waals surface area (Å²) in [5.41, 5.74) is 5.74. The van der Waals surface area contributed by atoms with Gasteiger partial charge in [-0.3, -0.25) is 4.79 Å². The average Bonchev–Trinajstić information content (AvgIpc) is 2.40. The van der Waals surface area contributed by atoms with Crippen molar-refractivity contribution in [3.63, 3.8) is 0 Å². The van der Waals surface area contributed by atoms with Gasteiger partial charge in [-0.1, -0.05) is 25.5 Å². The van der Waals surface area contributed by atoms with E-state index >= 15 is 0 Å². The van der Waals surface area contributed by atoms with Gasteiger partial charge in [-0.2, -0.15) is 0 Å². The number of amides is 1. The largest absolute Gasteiger partial charge is 0.489 e. The van der Waals surface area contributed by atoms with E-state index in [4.69, 9.17) is 10.5 Å². The molecule has 1 aromatic rings. The fourth-order valence-electron chi connectivity index (χ4n) is 1.68. The lowest BCUT2D eigenvalue weighted by Gasteiger charge is -2.21. The Morgan fingerprint density at radius 1 is 1.45 bits per heavy atom. The summed E-state index contributed by atoms with van der Waals surface area (Å²) in [5.74, 6) is -0.320. The van der Waals surface area contributed by atoms with Gasteiger partial charge in [0.15, 0.2) is 11.6 Å². The maximum absolute atomic E-state index is 13.3. The van der Waals surface area contributed by atoms with Crippen molar-refractivity contribution >= 4 is 18.3 Å². The second kappa shape index (κ2) is 9.55. The molecule has 6 heteroatoms. The summed E-state index contributed by atoms with van der Waals surface area (Å²) in [5, 5.41) is 0. The molecule has 0 radical (unpaired) electrons. The molecule has 0 fully saturated rings. The van der Waals surface area contributed by atoms with Crippen LogP contribution in [0.15, 0.2) is 24.3 Å². The molecule has 1 aromatic carbocycles. The topological polar surface area (TPSA) is 55.6 Å². The Bertz CT molecular complexity index is 418. The molecule has 1 unspecified atom stereocenters. The maximum atomic E-state index is 13.3. The predicted octanol–water partition coefficient (Wildman–Crippen LogP) is 2.21. The van der Waals surface area contributed by atoms with Gasteiger partial charge in [0.25, 0.3) is 0 Å². The lowest BCUT2D eigenvalue weighted by atomic mass is 10.1. The standard InChI is InChI=1S/C14H21FN2O2.ClH/c1-3-6-12(16)14(18)17(2)9-10-19-13-8-5-4-7-11(13)15;/h4-5,7-8,12H,3,6,9-10,16H2,1-2H3;1H. The fourth-order valence-corrected chi connectivity index (χ4v) is 1.68. The van der Waals surface area contributed by atoms with E-state index in [2.05, 4.69) is 0 Å². The van der Waals surface area contributed by atoms with E-state index in [1.54, 1.807) is 25.2 Å². The lowest BCUT2D eigenvalue weighted by molar-refractivity contribution is -0.131. The number of carbonyl (C=O) groups excluding carboxylic acids is 1. The van der Waals surface area contributed by atoms with E-state index in [9.17, 15) is 9.18 Å². The Kier molecular flexibility index (Phi) is 8.92. The number of ether oxygens (including phenoxy) is 1. The van der Waals surface area contributed by atoms with Gasteiger partial charge in [-0.15, -0.1) is 12.4 Å². The summed E-state index contributed by atoms with van der Waals surface area (Å²) >= 11 is 0. The van der Waals surface area contributed by atoms with Crippen molar-refractivity contribution in [1.29, 1.82) is 0 Å². The third kappa shape index (κ3) is 5.75. The molecule has 20 heavy (non-hydrogen) atoms. The lowest BCUT2D eigenvalue weighted by Crippen LogP contribution is -2.43. The number of hydrogen-bond donors (Lipinski definition) is 1. The first-order chi connectivity index (χ1) is 9.06. The van der Waals surface area contributed by atoms with E-state index in [1.165, 1.54) is 11.0 Å². The zero-order valence-electron chi connectivity index (χ0n) is 11.8. The van der Waals surface area contributed by atoms with Crippen LogP contribution in [0, 0.1) is 5.82 Å². The third-order valence-electron chi connectivity index (χ3n) is 2.81. The van der Waals surface area contributed by atoms with Gasteiger partial charge >= 0.3 is 0 Å². The van der Waals surface area contributed by atoms with Crippen molar-refractivity contribution in [3.05, 3.63) is 30.1 Å². The number of benzene rings is 1. The van der Waals surface area contributed by atoms with Gasteiger partial charge in [-0.05, 0) is 18.6 Å². The first-order valence-corrected chi connectivity index (χ1v) is 6.44. The van der Waals surface area contributed by atoms with Crippen LogP contribution in [0.5, 0.6) is 5.75 Å². The van der Waals surface area contributed by atoms with Crippen LogP contribution < -0.4 is 10.5 Å². The average molecular weight is 305 g/mol. The number of para-hydroxylation sites is 1. The number of nitrogens with two attached hydrogens (primary N) is 1. The summed E-state index contributed by atoms with van der Waals surface area (Å²) in [6.07, 6.45) is 1.53.